The van der Waals surface area contributed by atoms with Crippen molar-refractivity contribution < 1.29 is 28.6 Å². The molecule has 6 heteroatoms. The third kappa shape index (κ3) is 62.5. The maximum Gasteiger partial charge on any atom is 0.306 e. The highest BCUT2D eigenvalue weighted by Gasteiger charge is 2.19. The van der Waals surface area contributed by atoms with E-state index in [1.165, 1.54) is 263 Å². The van der Waals surface area contributed by atoms with Crippen LogP contribution in [-0.4, -0.2) is 37.2 Å². The van der Waals surface area contributed by atoms with Gasteiger partial charge in [0.2, 0.25) is 0 Å². The maximum absolute atomic E-state index is 12.9. The van der Waals surface area contributed by atoms with Crippen molar-refractivity contribution in [2.45, 2.75) is 380 Å². The van der Waals surface area contributed by atoms with Gasteiger partial charge in [0, 0.05) is 19.3 Å². The number of carbonyl (C=O) groups is 3. The van der Waals surface area contributed by atoms with Gasteiger partial charge in [-0.2, -0.15) is 0 Å². The Balaban J connectivity index is 4.17. The van der Waals surface area contributed by atoms with Gasteiger partial charge in [-0.15, -0.1) is 0 Å². The smallest absolute Gasteiger partial charge is 0.306 e. The molecular formula is C70H130O6. The first kappa shape index (κ1) is 73.6. The van der Waals surface area contributed by atoms with Crippen LogP contribution < -0.4 is 0 Å². The lowest BCUT2D eigenvalue weighted by molar-refractivity contribution is -0.167. The van der Waals surface area contributed by atoms with Crippen LogP contribution in [-0.2, 0) is 28.6 Å². The average Bonchev–Trinajstić information content (AvgIpc) is 3.42. The number of hydrogen-bond acceptors (Lipinski definition) is 6. The number of carbonyl (C=O) groups excluding carboxylic acids is 3. The minimum Gasteiger partial charge on any atom is -0.462 e. The topological polar surface area (TPSA) is 78.9 Å². The molecule has 0 bridgehead atoms. The normalized spacial score (nSPS) is 12.2. The number of rotatable bonds is 63. The maximum atomic E-state index is 12.9. The molecule has 0 fully saturated rings. The lowest BCUT2D eigenvalue weighted by Gasteiger charge is -2.18. The van der Waals surface area contributed by atoms with Gasteiger partial charge in [0.15, 0.2) is 6.10 Å². The fourth-order valence-corrected chi connectivity index (χ4v) is 10.2. The first-order valence-corrected chi connectivity index (χ1v) is 34.0. The van der Waals surface area contributed by atoms with E-state index in [2.05, 4.69) is 57.2 Å². The molecule has 6 nitrogen and oxygen atoms in total. The van der Waals surface area contributed by atoms with E-state index in [0.29, 0.717) is 19.3 Å². The molecule has 0 aromatic heterocycles. The Labute approximate surface area is 474 Å². The summed E-state index contributed by atoms with van der Waals surface area (Å²) in [6.45, 7) is 6.67. The summed E-state index contributed by atoms with van der Waals surface area (Å²) < 4.78 is 16.9. The molecule has 0 aliphatic carbocycles. The van der Waals surface area contributed by atoms with Gasteiger partial charge >= 0.3 is 17.9 Å². The quantitative estimate of drug-likeness (QED) is 0.0261. The SMILES string of the molecule is CCCCCC/C=C\CCCCCCCC(=O)OCC(COC(=O)CCCCCCCCCCCCCCCCCCC/C=C\CCCCCCCCCC)OC(=O)CCCCCCC/C=C\CCCCCCCCC. The fraction of sp³-hybridized carbons (Fsp3) is 0.871. The molecule has 0 aliphatic heterocycles. The van der Waals surface area contributed by atoms with E-state index < -0.39 is 6.10 Å². The molecule has 0 heterocycles. The summed E-state index contributed by atoms with van der Waals surface area (Å²) in [5.74, 6) is -0.869. The van der Waals surface area contributed by atoms with Gasteiger partial charge in [0.25, 0.3) is 0 Å². The molecule has 0 radical (unpaired) electrons. The van der Waals surface area contributed by atoms with E-state index in [1.54, 1.807) is 0 Å². The van der Waals surface area contributed by atoms with E-state index in [4.69, 9.17) is 14.2 Å². The van der Waals surface area contributed by atoms with Gasteiger partial charge in [-0.05, 0) is 96.3 Å². The molecule has 0 saturated carbocycles. The summed E-state index contributed by atoms with van der Waals surface area (Å²) in [4.78, 5) is 38.3. The molecule has 0 aromatic carbocycles. The molecule has 1 unspecified atom stereocenters. The predicted molar refractivity (Wildman–Crippen MR) is 330 cm³/mol. The molecule has 0 rings (SSSR count). The predicted octanol–water partition coefficient (Wildman–Crippen LogP) is 23.2. The molecule has 1 atom stereocenters. The minimum absolute atomic E-state index is 0.0742. The van der Waals surface area contributed by atoms with Crippen LogP contribution in [0.1, 0.15) is 374 Å². The summed E-state index contributed by atoms with van der Waals surface area (Å²) >= 11 is 0. The summed E-state index contributed by atoms with van der Waals surface area (Å²) in [5.41, 5.74) is 0. The van der Waals surface area contributed by atoms with Crippen LogP contribution >= 0.6 is 0 Å². The Hall–Kier alpha value is -2.37. The Bertz CT molecular complexity index is 1270. The summed E-state index contributed by atoms with van der Waals surface area (Å²) in [7, 11) is 0. The van der Waals surface area contributed by atoms with Crippen LogP contribution in [0.15, 0.2) is 36.5 Å². The second-order valence-electron chi connectivity index (χ2n) is 23.1. The summed E-state index contributed by atoms with van der Waals surface area (Å²) in [6, 6.07) is 0. The minimum atomic E-state index is -0.778. The Morgan fingerprint density at radius 2 is 0.434 bits per heavy atom. The number of ether oxygens (including phenoxy) is 3. The number of allylic oxidation sites excluding steroid dienone is 6. The monoisotopic (exact) mass is 1070 g/mol. The first-order chi connectivity index (χ1) is 37.5. The summed E-state index contributed by atoms with van der Waals surface area (Å²) in [6.07, 6.45) is 80.3. The molecule has 446 valence electrons. The van der Waals surface area contributed by atoms with Crippen molar-refractivity contribution in [3.63, 3.8) is 0 Å². The van der Waals surface area contributed by atoms with Crippen molar-refractivity contribution in [2.24, 2.45) is 0 Å². The van der Waals surface area contributed by atoms with Crippen molar-refractivity contribution in [1.29, 1.82) is 0 Å². The van der Waals surface area contributed by atoms with E-state index in [1.807, 2.05) is 0 Å². The van der Waals surface area contributed by atoms with Crippen LogP contribution in [0.5, 0.6) is 0 Å². The highest BCUT2D eigenvalue weighted by Crippen LogP contribution is 2.18. The second kappa shape index (κ2) is 65.2. The van der Waals surface area contributed by atoms with Gasteiger partial charge in [-0.3, -0.25) is 14.4 Å². The van der Waals surface area contributed by atoms with Gasteiger partial charge in [0.1, 0.15) is 13.2 Å². The zero-order chi connectivity index (χ0) is 55.0. The third-order valence-corrected chi connectivity index (χ3v) is 15.3. The Morgan fingerprint density at radius 3 is 0.671 bits per heavy atom. The largest absolute Gasteiger partial charge is 0.462 e. The van der Waals surface area contributed by atoms with E-state index in [9.17, 15) is 14.4 Å². The third-order valence-electron chi connectivity index (χ3n) is 15.3. The van der Waals surface area contributed by atoms with Crippen molar-refractivity contribution in [1.82, 2.24) is 0 Å². The molecule has 0 amide bonds. The van der Waals surface area contributed by atoms with Crippen LogP contribution in [0.2, 0.25) is 0 Å². The van der Waals surface area contributed by atoms with Gasteiger partial charge in [-0.1, -0.05) is 295 Å². The average molecular weight is 1070 g/mol. The Kier molecular flexibility index (Phi) is 63.1. The van der Waals surface area contributed by atoms with Gasteiger partial charge in [0.05, 0.1) is 0 Å². The first-order valence-electron chi connectivity index (χ1n) is 34.0. The van der Waals surface area contributed by atoms with Gasteiger partial charge in [-0.25, -0.2) is 0 Å². The molecule has 0 saturated heterocycles. The van der Waals surface area contributed by atoms with Gasteiger partial charge < -0.3 is 14.2 Å². The fourth-order valence-electron chi connectivity index (χ4n) is 10.2. The molecule has 0 N–H and O–H groups in total. The highest BCUT2D eigenvalue weighted by atomic mass is 16.6. The Morgan fingerprint density at radius 1 is 0.250 bits per heavy atom. The second-order valence-corrected chi connectivity index (χ2v) is 23.1. The van der Waals surface area contributed by atoms with Crippen molar-refractivity contribution >= 4 is 17.9 Å². The molecular weight excluding hydrogens is 937 g/mol. The molecule has 0 aliphatic rings. The highest BCUT2D eigenvalue weighted by molar-refractivity contribution is 5.71. The number of esters is 3. The zero-order valence-electron chi connectivity index (χ0n) is 51.3. The van der Waals surface area contributed by atoms with Crippen molar-refractivity contribution in [3.8, 4) is 0 Å². The van der Waals surface area contributed by atoms with Crippen molar-refractivity contribution in [3.05, 3.63) is 36.5 Å². The van der Waals surface area contributed by atoms with Crippen LogP contribution in [0, 0.1) is 0 Å². The number of unbranched alkanes of at least 4 members (excludes halogenated alkanes) is 46. The van der Waals surface area contributed by atoms with Crippen molar-refractivity contribution in [2.75, 3.05) is 13.2 Å². The standard InChI is InChI=1S/C70H130O6/c1-4-7-10-13-16-19-22-25-27-29-30-31-32-33-34-35-36-37-38-39-40-41-43-45-48-51-54-57-60-63-69(72)75-66-67(65-74-68(71)62-59-56-53-50-47-44-24-21-18-15-12-9-6-3)76-70(73)64-61-58-55-52-49-46-42-28-26-23-20-17-14-11-8-5-2/h21,24,28-30,42,67H,4-20,22-23,25-27,31-41,43-66H2,1-3H3/b24-21-,30-29-,42-28-. The van der Waals surface area contributed by atoms with Crippen LogP contribution in [0.4, 0.5) is 0 Å². The van der Waals surface area contributed by atoms with Crippen LogP contribution in [0.25, 0.3) is 0 Å². The zero-order valence-corrected chi connectivity index (χ0v) is 51.3. The lowest BCUT2D eigenvalue weighted by atomic mass is 10.0. The van der Waals surface area contributed by atoms with E-state index in [-0.39, 0.29) is 31.1 Å². The summed E-state index contributed by atoms with van der Waals surface area (Å²) in [5, 5.41) is 0. The molecule has 0 aromatic rings. The van der Waals surface area contributed by atoms with Crippen LogP contribution in [0.3, 0.4) is 0 Å². The van der Waals surface area contributed by atoms with E-state index in [0.717, 1.165) is 70.6 Å². The molecule has 76 heavy (non-hydrogen) atoms. The molecule has 0 spiro atoms. The number of hydrogen-bond donors (Lipinski definition) is 0. The lowest BCUT2D eigenvalue weighted by Crippen LogP contribution is -2.30. The van der Waals surface area contributed by atoms with E-state index >= 15 is 0 Å².